The fourth-order valence-electron chi connectivity index (χ4n) is 2.73. The van der Waals surface area contributed by atoms with Crippen molar-refractivity contribution in [3.05, 3.63) is 0 Å². The fraction of sp³-hybridized carbons (Fsp3) is 1.00. The molecular formula is C14H30N2O2S. The van der Waals surface area contributed by atoms with Crippen molar-refractivity contribution in [1.29, 1.82) is 0 Å². The molecule has 0 aromatic heterocycles. The van der Waals surface area contributed by atoms with Gasteiger partial charge < -0.3 is 5.32 Å². The van der Waals surface area contributed by atoms with Crippen LogP contribution in [0.25, 0.3) is 0 Å². The third kappa shape index (κ3) is 4.72. The van der Waals surface area contributed by atoms with Crippen molar-refractivity contribution in [2.45, 2.75) is 70.7 Å². The summed E-state index contributed by atoms with van der Waals surface area (Å²) in [6.07, 6.45) is 4.38. The van der Waals surface area contributed by atoms with Crippen LogP contribution in [0.15, 0.2) is 0 Å². The van der Waals surface area contributed by atoms with Crippen LogP contribution in [0.2, 0.25) is 0 Å². The molecule has 1 N–H and O–H groups in total. The third-order valence-corrected chi connectivity index (χ3v) is 6.43. The predicted molar refractivity (Wildman–Crippen MR) is 80.7 cm³/mol. The van der Waals surface area contributed by atoms with Gasteiger partial charge in [-0.3, -0.25) is 0 Å². The first-order valence-corrected chi connectivity index (χ1v) is 8.95. The molecule has 0 aliphatic heterocycles. The molecule has 0 saturated heterocycles. The molecule has 1 aliphatic rings. The number of hydrogen-bond acceptors (Lipinski definition) is 3. The van der Waals surface area contributed by atoms with Gasteiger partial charge in [0.25, 0.3) is 0 Å². The highest BCUT2D eigenvalue weighted by Gasteiger charge is 2.33. The lowest BCUT2D eigenvalue weighted by Crippen LogP contribution is -2.46. The van der Waals surface area contributed by atoms with Gasteiger partial charge in [-0.25, -0.2) is 12.7 Å². The Bertz CT molecular complexity index is 368. The second-order valence-electron chi connectivity index (χ2n) is 6.36. The van der Waals surface area contributed by atoms with Crippen LogP contribution in [0.4, 0.5) is 0 Å². The van der Waals surface area contributed by atoms with Gasteiger partial charge >= 0.3 is 0 Å². The van der Waals surface area contributed by atoms with Crippen LogP contribution in [0.5, 0.6) is 0 Å². The van der Waals surface area contributed by atoms with Gasteiger partial charge in [0.1, 0.15) is 0 Å². The summed E-state index contributed by atoms with van der Waals surface area (Å²) in [4.78, 5) is 0. The van der Waals surface area contributed by atoms with Gasteiger partial charge in [-0.2, -0.15) is 0 Å². The lowest BCUT2D eigenvalue weighted by molar-refractivity contribution is 0.237. The minimum absolute atomic E-state index is 0.190. The lowest BCUT2D eigenvalue weighted by atomic mass is 9.87. The van der Waals surface area contributed by atoms with Crippen LogP contribution in [0.3, 0.4) is 0 Å². The Balaban J connectivity index is 2.64. The van der Waals surface area contributed by atoms with E-state index in [4.69, 9.17) is 0 Å². The Morgan fingerprint density at radius 3 is 2.42 bits per heavy atom. The number of sulfonamides is 1. The maximum absolute atomic E-state index is 12.5. The van der Waals surface area contributed by atoms with Crippen molar-refractivity contribution in [1.82, 2.24) is 9.62 Å². The van der Waals surface area contributed by atoms with Crippen LogP contribution >= 0.6 is 0 Å². The van der Waals surface area contributed by atoms with Crippen LogP contribution in [-0.4, -0.2) is 43.6 Å². The Morgan fingerprint density at radius 1 is 1.26 bits per heavy atom. The van der Waals surface area contributed by atoms with Crippen molar-refractivity contribution >= 4 is 10.0 Å². The van der Waals surface area contributed by atoms with Gasteiger partial charge in [0, 0.05) is 25.7 Å². The average Bonchev–Trinajstić information content (AvgIpc) is 2.34. The molecule has 0 amide bonds. The van der Waals surface area contributed by atoms with Crippen LogP contribution in [-0.2, 0) is 10.0 Å². The molecule has 0 spiro atoms. The van der Waals surface area contributed by atoms with E-state index in [0.717, 1.165) is 19.3 Å². The van der Waals surface area contributed by atoms with E-state index in [1.165, 1.54) is 6.42 Å². The molecule has 0 aromatic carbocycles. The molecule has 3 atom stereocenters. The highest BCUT2D eigenvalue weighted by molar-refractivity contribution is 7.89. The first-order chi connectivity index (χ1) is 8.75. The summed E-state index contributed by atoms with van der Waals surface area (Å²) in [5.74, 6) is 0.639. The summed E-state index contributed by atoms with van der Waals surface area (Å²) >= 11 is 0. The third-order valence-electron chi connectivity index (χ3n) is 4.15. The Morgan fingerprint density at radius 2 is 1.89 bits per heavy atom. The molecule has 3 unspecified atom stereocenters. The number of rotatable bonds is 6. The van der Waals surface area contributed by atoms with Crippen molar-refractivity contribution in [3.63, 3.8) is 0 Å². The quantitative estimate of drug-likeness (QED) is 0.816. The zero-order valence-corrected chi connectivity index (χ0v) is 13.8. The fourth-order valence-corrected chi connectivity index (χ4v) is 4.21. The largest absolute Gasteiger partial charge is 0.313 e. The van der Waals surface area contributed by atoms with Gasteiger partial charge in [-0.05, 0) is 25.7 Å². The molecule has 1 fully saturated rings. The van der Waals surface area contributed by atoms with Gasteiger partial charge in [0.2, 0.25) is 10.0 Å². The second-order valence-corrected chi connectivity index (χ2v) is 8.77. The maximum atomic E-state index is 12.5. The molecule has 1 saturated carbocycles. The van der Waals surface area contributed by atoms with Crippen molar-refractivity contribution in [2.24, 2.45) is 5.92 Å². The summed E-state index contributed by atoms with van der Waals surface area (Å²) in [5, 5.41) is 2.85. The van der Waals surface area contributed by atoms with Gasteiger partial charge in [-0.15, -0.1) is 0 Å². The standard InChI is InChI=1S/C14H30N2O2S/c1-11(2)15-10-13(4)19(17,18)16(5)14-8-6-7-12(3)9-14/h11-15H,6-10H2,1-5H3. The van der Waals surface area contributed by atoms with Crippen molar-refractivity contribution < 1.29 is 8.42 Å². The number of hydrogen-bond donors (Lipinski definition) is 1. The minimum atomic E-state index is -3.19. The SMILES string of the molecule is CC1CCCC(N(C)S(=O)(=O)C(C)CNC(C)C)C1. The summed E-state index contributed by atoms with van der Waals surface area (Å²) in [6.45, 7) is 8.61. The number of nitrogens with one attached hydrogen (secondary N) is 1. The zero-order valence-electron chi connectivity index (χ0n) is 13.0. The number of nitrogens with zero attached hydrogens (tertiary/aromatic N) is 1. The highest BCUT2D eigenvalue weighted by Crippen LogP contribution is 2.28. The van der Waals surface area contributed by atoms with E-state index in [1.807, 2.05) is 13.8 Å². The Hall–Kier alpha value is -0.130. The van der Waals surface area contributed by atoms with E-state index in [1.54, 1.807) is 18.3 Å². The summed E-state index contributed by atoms with van der Waals surface area (Å²) in [6, 6.07) is 0.507. The van der Waals surface area contributed by atoms with E-state index in [-0.39, 0.29) is 11.3 Å². The highest BCUT2D eigenvalue weighted by atomic mass is 32.2. The van der Waals surface area contributed by atoms with Crippen molar-refractivity contribution in [3.8, 4) is 0 Å². The molecule has 0 bridgehead atoms. The van der Waals surface area contributed by atoms with E-state index in [9.17, 15) is 8.42 Å². The molecule has 1 aliphatic carbocycles. The first-order valence-electron chi connectivity index (χ1n) is 7.45. The Kier molecular flexibility index (Phi) is 6.27. The van der Waals surface area contributed by atoms with E-state index >= 15 is 0 Å². The predicted octanol–water partition coefficient (Wildman–Crippen LogP) is 2.21. The lowest BCUT2D eigenvalue weighted by Gasteiger charge is -2.35. The molecule has 0 aromatic rings. The van der Waals surface area contributed by atoms with Crippen LogP contribution in [0.1, 0.15) is 53.4 Å². The van der Waals surface area contributed by atoms with Gasteiger partial charge in [-0.1, -0.05) is 33.6 Å². The normalized spacial score (nSPS) is 26.9. The topological polar surface area (TPSA) is 49.4 Å². The summed E-state index contributed by atoms with van der Waals surface area (Å²) in [5.41, 5.74) is 0. The first kappa shape index (κ1) is 16.9. The molecule has 114 valence electrons. The average molecular weight is 290 g/mol. The molecule has 4 nitrogen and oxygen atoms in total. The second kappa shape index (κ2) is 7.04. The summed E-state index contributed by atoms with van der Waals surface area (Å²) in [7, 11) is -1.43. The zero-order chi connectivity index (χ0) is 14.6. The Labute approximate surface area is 119 Å². The molecule has 19 heavy (non-hydrogen) atoms. The molecular weight excluding hydrogens is 260 g/mol. The molecule has 5 heteroatoms. The smallest absolute Gasteiger partial charge is 0.217 e. The van der Waals surface area contributed by atoms with Gasteiger partial charge in [0.15, 0.2) is 0 Å². The molecule has 1 rings (SSSR count). The van der Waals surface area contributed by atoms with Crippen LogP contribution in [0, 0.1) is 5.92 Å². The summed E-state index contributed by atoms with van der Waals surface area (Å²) < 4.78 is 26.7. The molecule has 0 heterocycles. The van der Waals surface area contributed by atoms with E-state index in [0.29, 0.717) is 18.5 Å². The van der Waals surface area contributed by atoms with E-state index in [2.05, 4.69) is 12.2 Å². The van der Waals surface area contributed by atoms with Gasteiger partial charge in [0.05, 0.1) is 5.25 Å². The minimum Gasteiger partial charge on any atom is -0.313 e. The maximum Gasteiger partial charge on any atom is 0.217 e. The van der Waals surface area contributed by atoms with E-state index < -0.39 is 10.0 Å². The molecule has 0 radical (unpaired) electrons. The van der Waals surface area contributed by atoms with Crippen molar-refractivity contribution in [2.75, 3.05) is 13.6 Å². The van der Waals surface area contributed by atoms with Crippen LogP contribution < -0.4 is 5.32 Å². The monoisotopic (exact) mass is 290 g/mol.